The zero-order valence-electron chi connectivity index (χ0n) is 25.0. The minimum absolute atomic E-state index is 0. The Morgan fingerprint density at radius 2 is 1.07 bits per heavy atom. The van der Waals surface area contributed by atoms with Gasteiger partial charge in [0.25, 0.3) is 0 Å². The van der Waals surface area contributed by atoms with Crippen molar-refractivity contribution >= 4 is 133 Å². The molecule has 2 aromatic carbocycles. The summed E-state index contributed by atoms with van der Waals surface area (Å²) in [5.74, 6) is -0.0957. The van der Waals surface area contributed by atoms with Gasteiger partial charge in [-0.05, 0) is 49.9 Å². The molecular formula is C28H44ClI6N6O2-. The fraction of sp³-hybridized carbons (Fsp3) is 0.500. The van der Waals surface area contributed by atoms with Crippen LogP contribution < -0.4 is 39.8 Å². The van der Waals surface area contributed by atoms with Crippen molar-refractivity contribution in [1.29, 1.82) is 0 Å². The van der Waals surface area contributed by atoms with E-state index in [0.29, 0.717) is 19.8 Å². The number of alkyl halides is 1. The minimum atomic E-state index is -0.168. The van der Waals surface area contributed by atoms with Crippen LogP contribution in [-0.2, 0) is 9.59 Å². The number of halogens is 7. The molecule has 0 saturated carbocycles. The van der Waals surface area contributed by atoms with Crippen molar-refractivity contribution in [3.63, 3.8) is 0 Å². The van der Waals surface area contributed by atoms with Gasteiger partial charge >= 0.3 is 50.5 Å². The van der Waals surface area contributed by atoms with Crippen molar-refractivity contribution in [2.24, 2.45) is 0 Å². The zero-order valence-corrected chi connectivity index (χ0v) is 38.8. The van der Waals surface area contributed by atoms with Crippen LogP contribution in [0.3, 0.4) is 0 Å². The number of aryl methyl sites for hydroxylation is 4. The van der Waals surface area contributed by atoms with Crippen LogP contribution >= 0.6 is 110 Å². The van der Waals surface area contributed by atoms with Gasteiger partial charge in [0.1, 0.15) is 5.88 Å². The molecule has 0 spiro atoms. The van der Waals surface area contributed by atoms with Crippen LogP contribution in [0.5, 0.6) is 0 Å². The van der Waals surface area contributed by atoms with E-state index in [1.807, 2.05) is 64.1 Å². The van der Waals surface area contributed by atoms with Crippen molar-refractivity contribution in [3.8, 4) is 0 Å². The Kier molecular flexibility index (Phi) is 34.1. The quantitative estimate of drug-likeness (QED) is 0.230. The van der Waals surface area contributed by atoms with E-state index < -0.39 is 0 Å². The van der Waals surface area contributed by atoms with Crippen molar-refractivity contribution in [2.45, 2.75) is 27.7 Å². The topological polar surface area (TPSA) is 97.5 Å². The summed E-state index contributed by atoms with van der Waals surface area (Å²) in [7, 11) is 0. The summed E-state index contributed by atoms with van der Waals surface area (Å²) in [6.45, 7) is 16.8. The molecular weight excluding hydrogens is 1250 g/mol. The monoisotopic (exact) mass is 1290 g/mol. The number of hydrogen-bond acceptors (Lipinski definition) is 6. The molecule has 8 nitrogen and oxygen atoms in total. The number of piperazine rings is 2. The van der Waals surface area contributed by atoms with Gasteiger partial charge < -0.3 is 26.6 Å². The van der Waals surface area contributed by atoms with Crippen LogP contribution in [0, 0.1) is 27.7 Å². The molecule has 43 heavy (non-hydrogen) atoms. The molecule has 2 heterocycles. The molecule has 5 N–H and O–H groups in total. The number of anilines is 2. The first-order chi connectivity index (χ1) is 20.2. The van der Waals surface area contributed by atoms with Gasteiger partial charge in [0.05, 0.1) is 6.54 Å². The Morgan fingerprint density at radius 1 is 0.744 bits per heavy atom. The maximum absolute atomic E-state index is 12.0. The Labute approximate surface area is 333 Å². The van der Waals surface area contributed by atoms with Crippen LogP contribution in [0.1, 0.15) is 22.3 Å². The van der Waals surface area contributed by atoms with Gasteiger partial charge in [0.2, 0.25) is 11.8 Å². The van der Waals surface area contributed by atoms with Crippen molar-refractivity contribution in [2.75, 3.05) is 75.4 Å². The molecule has 2 saturated heterocycles. The van der Waals surface area contributed by atoms with Gasteiger partial charge in [-0.15, -0.1) is 35.6 Å². The average molecular weight is 1290 g/mol. The van der Waals surface area contributed by atoms with E-state index in [-0.39, 0.29) is 41.7 Å². The number of para-hydroxylation sites is 2. The number of nitrogens with one attached hydrogen (secondary N) is 5. The Balaban J connectivity index is 0. The second kappa shape index (κ2) is 31.2. The van der Waals surface area contributed by atoms with Gasteiger partial charge in [0.15, 0.2) is 0 Å². The third-order valence-corrected chi connectivity index (χ3v) is 6.39. The molecule has 2 fully saturated rings. The summed E-state index contributed by atoms with van der Waals surface area (Å²) >= 11 is 14.9. The molecule has 0 aliphatic carbocycles. The average Bonchev–Trinajstić information content (AvgIpc) is 3.00. The summed E-state index contributed by atoms with van der Waals surface area (Å²) in [6.07, 6.45) is 0. The molecule has 0 unspecified atom stereocenters. The first kappa shape index (κ1) is 47.0. The number of hydrogen-bond donors (Lipinski definition) is 5. The van der Waals surface area contributed by atoms with E-state index in [2.05, 4.69) is 106 Å². The van der Waals surface area contributed by atoms with E-state index in [0.717, 1.165) is 86.0 Å². The number of nitrogens with zero attached hydrogens (tertiary/aromatic N) is 1. The van der Waals surface area contributed by atoms with Crippen LogP contribution in [0.2, 0.25) is 0 Å². The van der Waals surface area contributed by atoms with Crippen LogP contribution in [0.4, 0.5) is 11.4 Å². The normalized spacial score (nSPS) is 13.9. The molecule has 0 bridgehead atoms. The summed E-state index contributed by atoms with van der Waals surface area (Å²) < 4.78 is 0. The summed E-state index contributed by atoms with van der Waals surface area (Å²) in [6, 6.07) is 11.9. The van der Waals surface area contributed by atoms with Crippen LogP contribution in [0.15, 0.2) is 36.4 Å². The third-order valence-electron chi connectivity index (χ3n) is 6.15. The van der Waals surface area contributed by atoms with Crippen molar-refractivity contribution in [1.82, 2.24) is 20.9 Å². The van der Waals surface area contributed by atoms with Gasteiger partial charge in [-0.2, -0.15) is 0 Å². The first-order valence-corrected chi connectivity index (χ1v) is 32.8. The van der Waals surface area contributed by atoms with Gasteiger partial charge in [-0.1, -0.05) is 36.4 Å². The number of carbonyl (C=O) groups is 2. The van der Waals surface area contributed by atoms with Gasteiger partial charge in [-0.3, -0.25) is 14.5 Å². The molecule has 2 amide bonds. The van der Waals surface area contributed by atoms with Gasteiger partial charge in [0, 0.05) is 101 Å². The van der Waals surface area contributed by atoms with Crippen LogP contribution in [0.25, 0.3) is 0 Å². The fourth-order valence-electron chi connectivity index (χ4n) is 4.05. The van der Waals surface area contributed by atoms with Crippen molar-refractivity contribution < 1.29 is 22.8 Å². The summed E-state index contributed by atoms with van der Waals surface area (Å²) in [4.78, 5) is 25.2. The summed E-state index contributed by atoms with van der Waals surface area (Å²) in [5.41, 5.74) is 6.16. The third kappa shape index (κ3) is 23.0. The second-order valence-electron chi connectivity index (χ2n) is 9.34. The number of benzene rings is 2. The Morgan fingerprint density at radius 3 is 1.40 bits per heavy atom. The fourth-order valence-corrected chi connectivity index (χ4v) is 4.12. The maximum atomic E-state index is 12.0. The second-order valence-corrected chi connectivity index (χ2v) is 25.9. The predicted octanol–water partition coefficient (Wildman–Crippen LogP) is 3.97. The molecule has 0 atom stereocenters. The number of carbonyl (C=O) groups excluding carboxylic acids is 2. The molecule has 4 rings (SSSR count). The Hall–Kier alpha value is 1.89. The van der Waals surface area contributed by atoms with Gasteiger partial charge in [-0.25, -0.2) is 0 Å². The SMILES string of the molecule is C1CNCCN1.Cc1cccc(C)c1NC(=O)CCl.Cc1cccc(C)c1NC(=O)CN1CCNCC1.I.II.I[I-]I. The number of amides is 2. The Bertz CT molecular complexity index is 979. The number of rotatable bonds is 5. The zero-order chi connectivity index (χ0) is 31.8. The molecule has 248 valence electrons. The molecule has 0 radical (unpaired) electrons. The van der Waals surface area contributed by atoms with E-state index in [1.165, 1.54) is 0 Å². The van der Waals surface area contributed by atoms with Crippen LogP contribution in [-0.4, -0.2) is 81.5 Å². The van der Waals surface area contributed by atoms with E-state index >= 15 is 0 Å². The molecule has 0 aromatic heterocycles. The first-order valence-electron chi connectivity index (χ1n) is 13.4. The van der Waals surface area contributed by atoms with E-state index in [9.17, 15) is 9.59 Å². The van der Waals surface area contributed by atoms with Crippen molar-refractivity contribution in [3.05, 3.63) is 58.7 Å². The molecule has 2 aliphatic rings. The summed E-state index contributed by atoms with van der Waals surface area (Å²) in [5, 5.41) is 15.5. The molecule has 2 aliphatic heterocycles. The standard InChI is InChI=1S/C14H21N3O.C10H12ClNO.C4H10N2.I3.I2.HI/c1-11-4-3-5-12(2)14(11)16-13(18)10-17-8-6-15-7-9-17;1-7-4-3-5-8(2)10(7)12-9(13)6-11;1-2-6-4-3-5-1;1-3-2;1-2;/h3-5,15H,6-10H2,1-2H3,(H,16,18);3-5H,6H2,1-2H3,(H,12,13);5-6H,1-4H2;;;1H/q;;;-1;;. The van der Waals surface area contributed by atoms with E-state index in [1.54, 1.807) is 0 Å². The predicted molar refractivity (Wildman–Crippen MR) is 226 cm³/mol. The molecule has 15 heteroatoms. The van der Waals surface area contributed by atoms with E-state index in [4.69, 9.17) is 11.6 Å². The molecule has 2 aromatic rings.